The minimum absolute atomic E-state index is 0.362. The Morgan fingerprint density at radius 1 is 0.337 bits per heavy atom. The Bertz CT molecular complexity index is 2230. The molecule has 1 unspecified atom stereocenters. The van der Waals surface area contributed by atoms with Crippen LogP contribution < -0.4 is 0 Å². The van der Waals surface area contributed by atoms with E-state index in [1.807, 2.05) is 0 Å². The van der Waals surface area contributed by atoms with Crippen molar-refractivity contribution in [3.8, 4) is 5.75 Å². The van der Waals surface area contributed by atoms with Crippen LogP contribution in [0.4, 0.5) is 228 Å². The van der Waals surface area contributed by atoms with Crippen LogP contribution in [0.25, 0.3) is 0 Å². The summed E-state index contributed by atoms with van der Waals surface area (Å²) in [7, 11) is 0. The van der Waals surface area contributed by atoms with Crippen LogP contribution in [0.1, 0.15) is 6.42 Å². The number of hydrogen-bond donors (Lipinski definition) is 8. The van der Waals surface area contributed by atoms with Crippen molar-refractivity contribution >= 4 is 0 Å². The molecule has 8 N–H and O–H groups in total. The van der Waals surface area contributed by atoms with Gasteiger partial charge in [0, 0.05) is 6.42 Å². The predicted molar refractivity (Wildman–Crippen MR) is 193 cm³/mol. The van der Waals surface area contributed by atoms with Crippen molar-refractivity contribution in [3.63, 3.8) is 0 Å². The zero-order valence-electron chi connectivity index (χ0n) is 42.3. The number of benzene rings is 1. The number of aromatic hydroxyl groups is 1. The quantitative estimate of drug-likeness (QED) is 0.0470. The van der Waals surface area contributed by atoms with Gasteiger partial charge in [-0.2, -0.15) is 193 Å². The highest BCUT2D eigenvalue weighted by molar-refractivity contribution is 5.28. The summed E-state index contributed by atoms with van der Waals surface area (Å²) < 4.78 is 599. The molecule has 0 aliphatic rings. The topological polar surface area (TPSA) is 162 Å². The number of aliphatic hydroxyl groups is 7. The van der Waals surface area contributed by atoms with Gasteiger partial charge in [-0.3, -0.25) is 0 Å². The van der Waals surface area contributed by atoms with E-state index in [0.29, 0.717) is 6.08 Å². The molecule has 0 aliphatic heterocycles. The Hall–Kier alpha value is -5.16. The molecule has 0 aliphatic carbocycles. The zero-order chi connectivity index (χ0) is 79.9. The number of rotatable bonds is 11. The maximum Gasteiger partial charge on any atom is 0.459 e. The molecule has 0 bridgehead atoms. The van der Waals surface area contributed by atoms with Gasteiger partial charge in [-0.1, -0.05) is 6.08 Å². The lowest BCUT2D eigenvalue weighted by molar-refractivity contribution is -0.447. The van der Waals surface area contributed by atoms with Gasteiger partial charge in [0.2, 0.25) is 35.2 Å². The zero-order valence-corrected chi connectivity index (χ0v) is 42.3. The van der Waals surface area contributed by atoms with E-state index in [-0.39, 0.29) is 0 Å². The summed E-state index contributed by atoms with van der Waals surface area (Å²) in [5.41, 5.74) is -11.4. The van der Waals surface area contributed by atoms with Crippen molar-refractivity contribution in [2.45, 2.75) is 140 Å². The molecule has 0 spiro atoms. The SMILES string of the molecule is C=CCC(O)(C(F)(F)F)C(F)(F)F.OC(C(F)(F)F)(C(F)(F)F)C(F)(F)F.OC(C(F)(F)F)C(F)(F)F.OCC(F)(F)C(F)(F)C(F)(F)C(F)F.OCC(F)(F)C(F)(F)C(F)(F)F.OCC(F)(F)C(F)(F)F.OCC(F)(F)C(F)C(F)(F)F.Oc1c(F)c(F)c(F)c(F)c1F. The predicted octanol–water partition coefficient (Wildman–Crippen LogP) is 15.0. The van der Waals surface area contributed by atoms with Gasteiger partial charge >= 0.3 is 115 Å². The normalized spacial score (nSPS) is 14.5. The largest absolute Gasteiger partial charge is 0.503 e. The van der Waals surface area contributed by atoms with Gasteiger partial charge < -0.3 is 40.9 Å². The maximum atomic E-state index is 12.2. The van der Waals surface area contributed by atoms with E-state index in [0.717, 1.165) is 0 Å². The van der Waals surface area contributed by atoms with Crippen LogP contribution in [0.15, 0.2) is 12.7 Å². The Labute approximate surface area is 483 Å². The van der Waals surface area contributed by atoms with E-state index in [1.165, 1.54) is 0 Å². The molecule has 60 heteroatoms. The molecule has 95 heavy (non-hydrogen) atoms. The summed E-state index contributed by atoms with van der Waals surface area (Å²) in [5, 5.41) is 62.1. The summed E-state index contributed by atoms with van der Waals surface area (Å²) in [6.07, 6.45) is -75.7. The van der Waals surface area contributed by atoms with Gasteiger partial charge in [0.1, 0.15) is 26.4 Å². The average molecular weight is 1560 g/mol. The molecule has 0 heterocycles. The first kappa shape index (κ1) is 103. The number of phenolic OH excluding ortho intramolecular Hbond substituents is 1. The van der Waals surface area contributed by atoms with Crippen molar-refractivity contribution in [3.05, 3.63) is 41.7 Å². The van der Waals surface area contributed by atoms with Crippen molar-refractivity contribution in [2.75, 3.05) is 26.4 Å². The smallest absolute Gasteiger partial charge is 0.459 e. The summed E-state index contributed by atoms with van der Waals surface area (Å²) >= 11 is 0. The fraction of sp³-hybridized carbons (Fsp3) is 0.771. The standard InChI is InChI=1S/C6H6F6O.C6HF5O.C5H4F8O.C4HF9O.C4H3F7O.C4H4F6O.C3H2F6O.C3H3F5O/c1-2-3-4(13,5(7,8)9)6(10,11)12;7-1-2(8)4(10)6(12)5(11)3(1)9;6-2(7)4(10,11)5(12,13)3(8,9)1-14;5-2(6,7)1(14,3(8,9)10)4(11,12)13;5-2(6,1-12)3(7,8)4(9,10)11;5-2(4(8,9)10)3(6,7)1-11;4-2(5,6)1(10)3(7,8)9;4-2(5,1-9)3(6,7)8/h2,13H,1,3H2;12H;2,14H,1H2;14H;12H,1H2;2,11H,1H2;1,10H;9H,1H2. The molecule has 0 radical (unpaired) electrons. The van der Waals surface area contributed by atoms with Crippen LogP contribution in [0, 0.1) is 29.1 Å². The number of aliphatic hydroxyl groups excluding tert-OH is 5. The van der Waals surface area contributed by atoms with Gasteiger partial charge in [-0.15, -0.1) is 6.58 Å². The first-order valence-corrected chi connectivity index (χ1v) is 20.1. The molecule has 576 valence electrons. The molecular formula is C35H24F52O8. The van der Waals surface area contributed by atoms with Crippen LogP contribution in [0.2, 0.25) is 0 Å². The Morgan fingerprint density at radius 2 is 0.589 bits per heavy atom. The van der Waals surface area contributed by atoms with Crippen molar-refractivity contribution in [1.82, 2.24) is 0 Å². The van der Waals surface area contributed by atoms with E-state index in [9.17, 15) is 228 Å². The third-order valence-electron chi connectivity index (χ3n) is 8.26. The van der Waals surface area contributed by atoms with Crippen LogP contribution in [-0.4, -0.2) is 200 Å². The summed E-state index contributed by atoms with van der Waals surface area (Å²) in [5.74, 6) is -52.4. The second-order valence-corrected chi connectivity index (χ2v) is 15.4. The molecule has 1 aromatic carbocycles. The number of phenols is 1. The lowest BCUT2D eigenvalue weighted by Gasteiger charge is -2.33. The lowest BCUT2D eigenvalue weighted by atomic mass is 9.98. The molecule has 1 aromatic rings. The average Bonchev–Trinajstić information content (AvgIpc) is 0.751. The fourth-order valence-corrected chi connectivity index (χ4v) is 3.06. The molecule has 0 amide bonds. The fourth-order valence-electron chi connectivity index (χ4n) is 3.06. The molecule has 0 fully saturated rings. The molecule has 0 saturated carbocycles. The summed E-state index contributed by atoms with van der Waals surface area (Å²) in [6, 6.07) is 0. The highest BCUT2D eigenvalue weighted by atomic mass is 19.5. The Balaban J connectivity index is -0.000000187. The van der Waals surface area contributed by atoms with Crippen LogP contribution in [0.5, 0.6) is 5.75 Å². The minimum atomic E-state index is -6.87. The van der Waals surface area contributed by atoms with Gasteiger partial charge in [-0.05, 0) is 0 Å². The van der Waals surface area contributed by atoms with Gasteiger partial charge in [-0.25, -0.2) is 35.1 Å². The van der Waals surface area contributed by atoms with E-state index in [2.05, 4.69) is 6.58 Å². The Morgan fingerprint density at radius 3 is 0.695 bits per heavy atom. The number of hydrogen-bond acceptors (Lipinski definition) is 8. The molecule has 8 nitrogen and oxygen atoms in total. The van der Waals surface area contributed by atoms with Crippen LogP contribution >= 0.6 is 0 Å². The van der Waals surface area contributed by atoms with Crippen molar-refractivity contribution < 1.29 is 269 Å². The van der Waals surface area contributed by atoms with Crippen molar-refractivity contribution in [2.24, 2.45) is 0 Å². The number of halogens is 52. The van der Waals surface area contributed by atoms with E-state index >= 15 is 0 Å². The molecule has 1 atom stereocenters. The number of alkyl halides is 47. The van der Waals surface area contributed by atoms with Gasteiger partial charge in [0.25, 0.3) is 11.8 Å². The molecule has 0 aromatic heterocycles. The minimum Gasteiger partial charge on any atom is -0.503 e. The van der Waals surface area contributed by atoms with E-state index in [4.69, 9.17) is 40.9 Å². The lowest BCUT2D eigenvalue weighted by Crippen LogP contribution is -2.66. The van der Waals surface area contributed by atoms with E-state index < -0.39 is 201 Å². The van der Waals surface area contributed by atoms with Crippen molar-refractivity contribution in [1.29, 1.82) is 0 Å². The second-order valence-electron chi connectivity index (χ2n) is 15.4. The van der Waals surface area contributed by atoms with Crippen LogP contribution in [0.3, 0.4) is 0 Å². The monoisotopic (exact) mass is 1560 g/mol. The maximum absolute atomic E-state index is 12.2. The first-order chi connectivity index (χ1) is 40.5. The summed E-state index contributed by atoms with van der Waals surface area (Å²) in [6.45, 7) is -6.85. The molecule has 0 saturated heterocycles. The second kappa shape index (κ2) is 34.1. The van der Waals surface area contributed by atoms with Gasteiger partial charge in [0.05, 0.1) is 0 Å². The van der Waals surface area contributed by atoms with Crippen LogP contribution in [-0.2, 0) is 0 Å². The molecule has 1 rings (SSSR count). The third-order valence-corrected chi connectivity index (χ3v) is 8.26. The summed E-state index contributed by atoms with van der Waals surface area (Å²) in [4.78, 5) is 0. The highest BCUT2D eigenvalue weighted by Gasteiger charge is 2.84. The van der Waals surface area contributed by atoms with Gasteiger partial charge in [0.15, 0.2) is 5.75 Å². The highest BCUT2D eigenvalue weighted by Crippen LogP contribution is 2.53. The Kier molecular flexibility index (Phi) is 37.1. The first-order valence-electron chi connectivity index (χ1n) is 20.1. The molecular weight excluding hydrogens is 1540 g/mol. The van der Waals surface area contributed by atoms with E-state index in [1.54, 1.807) is 0 Å². The third kappa shape index (κ3) is 27.9.